The molecule has 0 fully saturated rings. The zero-order chi connectivity index (χ0) is 19.0. The van der Waals surface area contributed by atoms with Crippen molar-refractivity contribution in [2.24, 2.45) is 0 Å². The van der Waals surface area contributed by atoms with Gasteiger partial charge in [0.1, 0.15) is 24.8 Å². The van der Waals surface area contributed by atoms with Crippen molar-refractivity contribution in [3.8, 4) is 17.2 Å². The van der Waals surface area contributed by atoms with Crippen molar-refractivity contribution in [2.45, 2.75) is 19.6 Å². The van der Waals surface area contributed by atoms with Gasteiger partial charge in [-0.25, -0.2) is 14.1 Å². The minimum atomic E-state index is -0.462. The Hall–Kier alpha value is -3.24. The van der Waals surface area contributed by atoms with Gasteiger partial charge in [0.15, 0.2) is 0 Å². The highest BCUT2D eigenvalue weighted by Crippen LogP contribution is 2.30. The summed E-state index contributed by atoms with van der Waals surface area (Å²) in [6.45, 7) is 0.999. The summed E-state index contributed by atoms with van der Waals surface area (Å²) in [6, 6.07) is 12.4. The maximum atomic E-state index is 13.7. The van der Waals surface area contributed by atoms with Gasteiger partial charge in [0.2, 0.25) is 5.91 Å². The SMILES string of the molecule is N#Cc1ncn(CC(=O)N2Cc3ccc(-c4ccc(Cl)c(F)c4)cc3C2)n1. The first-order valence-corrected chi connectivity index (χ1v) is 8.56. The van der Waals surface area contributed by atoms with Gasteiger partial charge in [-0.3, -0.25) is 4.79 Å². The second-order valence-electron chi connectivity index (χ2n) is 6.24. The van der Waals surface area contributed by atoms with Gasteiger partial charge in [-0.1, -0.05) is 29.8 Å². The summed E-state index contributed by atoms with van der Waals surface area (Å²) < 4.78 is 15.1. The molecule has 27 heavy (non-hydrogen) atoms. The molecule has 2 aromatic carbocycles. The Bertz CT molecular complexity index is 1090. The van der Waals surface area contributed by atoms with E-state index in [9.17, 15) is 9.18 Å². The Morgan fingerprint density at radius 3 is 2.67 bits per heavy atom. The summed E-state index contributed by atoms with van der Waals surface area (Å²) >= 11 is 5.74. The van der Waals surface area contributed by atoms with E-state index in [0.29, 0.717) is 13.1 Å². The lowest BCUT2D eigenvalue weighted by molar-refractivity contribution is -0.132. The molecule has 1 amide bonds. The van der Waals surface area contributed by atoms with Crippen LogP contribution in [0.15, 0.2) is 42.7 Å². The Balaban J connectivity index is 1.50. The molecule has 8 heteroatoms. The van der Waals surface area contributed by atoms with Crippen LogP contribution in [0.25, 0.3) is 11.1 Å². The number of fused-ring (bicyclic) bond motifs is 1. The number of rotatable bonds is 3. The van der Waals surface area contributed by atoms with Crippen LogP contribution in [0.2, 0.25) is 5.02 Å². The first-order valence-electron chi connectivity index (χ1n) is 8.18. The summed E-state index contributed by atoms with van der Waals surface area (Å²) in [4.78, 5) is 18.0. The van der Waals surface area contributed by atoms with E-state index >= 15 is 0 Å². The summed E-state index contributed by atoms with van der Waals surface area (Å²) in [5.41, 5.74) is 3.68. The highest BCUT2D eigenvalue weighted by Gasteiger charge is 2.24. The van der Waals surface area contributed by atoms with E-state index in [0.717, 1.165) is 22.3 Å². The normalized spacial score (nSPS) is 12.7. The number of hydrogen-bond acceptors (Lipinski definition) is 4. The van der Waals surface area contributed by atoms with E-state index in [1.54, 1.807) is 11.0 Å². The maximum Gasteiger partial charge on any atom is 0.252 e. The molecule has 1 aliphatic rings. The summed E-state index contributed by atoms with van der Waals surface area (Å²) in [5.74, 6) is -0.539. The third-order valence-electron chi connectivity index (χ3n) is 4.47. The van der Waals surface area contributed by atoms with Crippen LogP contribution in [0.4, 0.5) is 4.39 Å². The van der Waals surface area contributed by atoms with Crippen LogP contribution in [0, 0.1) is 17.1 Å². The van der Waals surface area contributed by atoms with Crippen molar-refractivity contribution in [2.75, 3.05) is 0 Å². The topological polar surface area (TPSA) is 74.8 Å². The summed E-state index contributed by atoms with van der Waals surface area (Å²) in [6.07, 6.45) is 1.37. The molecule has 4 rings (SSSR count). The number of halogens is 2. The molecule has 0 saturated carbocycles. The Morgan fingerprint density at radius 1 is 1.19 bits per heavy atom. The number of benzene rings is 2. The lowest BCUT2D eigenvalue weighted by Crippen LogP contribution is -2.29. The number of nitrogens with zero attached hydrogens (tertiary/aromatic N) is 5. The van der Waals surface area contributed by atoms with Crippen molar-refractivity contribution in [1.29, 1.82) is 5.26 Å². The Labute approximate surface area is 159 Å². The largest absolute Gasteiger partial charge is 0.332 e. The van der Waals surface area contributed by atoms with Crippen LogP contribution in [0.5, 0.6) is 0 Å². The minimum Gasteiger partial charge on any atom is -0.332 e. The van der Waals surface area contributed by atoms with E-state index in [-0.39, 0.29) is 23.3 Å². The molecule has 6 nitrogen and oxygen atoms in total. The van der Waals surface area contributed by atoms with Crippen LogP contribution < -0.4 is 0 Å². The van der Waals surface area contributed by atoms with Crippen LogP contribution in [0.3, 0.4) is 0 Å². The predicted molar refractivity (Wildman–Crippen MR) is 95.8 cm³/mol. The fourth-order valence-corrected chi connectivity index (χ4v) is 3.20. The molecule has 1 aromatic heterocycles. The first kappa shape index (κ1) is 17.2. The quantitative estimate of drug-likeness (QED) is 0.698. The van der Waals surface area contributed by atoms with Gasteiger partial charge in [-0.05, 0) is 40.5 Å². The molecule has 0 aliphatic carbocycles. The Morgan fingerprint density at radius 2 is 1.93 bits per heavy atom. The second-order valence-corrected chi connectivity index (χ2v) is 6.65. The molecule has 0 saturated heterocycles. The maximum absolute atomic E-state index is 13.7. The van der Waals surface area contributed by atoms with Gasteiger partial charge in [0, 0.05) is 13.1 Å². The van der Waals surface area contributed by atoms with E-state index < -0.39 is 5.82 Å². The van der Waals surface area contributed by atoms with Gasteiger partial charge in [-0.2, -0.15) is 5.26 Å². The van der Waals surface area contributed by atoms with Crippen LogP contribution in [-0.4, -0.2) is 25.6 Å². The third kappa shape index (κ3) is 3.39. The number of nitriles is 1. The van der Waals surface area contributed by atoms with Gasteiger partial charge in [-0.15, -0.1) is 5.10 Å². The molecular weight excluding hydrogens is 369 g/mol. The van der Waals surface area contributed by atoms with Crippen LogP contribution in [0.1, 0.15) is 17.0 Å². The average molecular weight is 382 g/mol. The number of carbonyl (C=O) groups is 1. The zero-order valence-corrected chi connectivity index (χ0v) is 14.8. The lowest BCUT2D eigenvalue weighted by atomic mass is 10.0. The molecular formula is C19H13ClFN5O. The van der Waals surface area contributed by atoms with E-state index in [1.807, 2.05) is 24.3 Å². The number of carbonyl (C=O) groups excluding carboxylic acids is 1. The van der Waals surface area contributed by atoms with Gasteiger partial charge in [0.05, 0.1) is 5.02 Å². The first-order chi connectivity index (χ1) is 13.0. The van der Waals surface area contributed by atoms with Crippen LogP contribution >= 0.6 is 11.6 Å². The number of hydrogen-bond donors (Lipinski definition) is 0. The standard InChI is InChI=1S/C19H13ClFN5O/c20-16-4-3-13(6-17(16)21)12-1-2-14-8-25(9-15(14)5-12)19(27)10-26-11-23-18(7-22)24-26/h1-6,11H,8-10H2. The number of aromatic nitrogens is 3. The second kappa shape index (κ2) is 6.82. The highest BCUT2D eigenvalue weighted by molar-refractivity contribution is 6.30. The van der Waals surface area contributed by atoms with Crippen molar-refractivity contribution in [3.63, 3.8) is 0 Å². The zero-order valence-electron chi connectivity index (χ0n) is 14.1. The minimum absolute atomic E-state index is 0.0257. The molecule has 3 aromatic rings. The molecule has 0 bridgehead atoms. The average Bonchev–Trinajstić information content (AvgIpc) is 3.29. The smallest absolute Gasteiger partial charge is 0.252 e. The van der Waals surface area contributed by atoms with Crippen molar-refractivity contribution >= 4 is 17.5 Å². The van der Waals surface area contributed by atoms with E-state index in [2.05, 4.69) is 10.1 Å². The van der Waals surface area contributed by atoms with E-state index in [4.69, 9.17) is 16.9 Å². The Kier molecular flexibility index (Phi) is 4.34. The van der Waals surface area contributed by atoms with E-state index in [1.165, 1.54) is 23.1 Å². The molecule has 0 unspecified atom stereocenters. The summed E-state index contributed by atoms with van der Waals surface area (Å²) in [7, 11) is 0. The molecule has 0 atom stereocenters. The molecule has 1 aliphatic heterocycles. The highest BCUT2D eigenvalue weighted by atomic mass is 35.5. The summed E-state index contributed by atoms with van der Waals surface area (Å²) in [5, 5.41) is 12.7. The van der Waals surface area contributed by atoms with Gasteiger partial charge < -0.3 is 4.90 Å². The van der Waals surface area contributed by atoms with Gasteiger partial charge in [0.25, 0.3) is 5.82 Å². The monoisotopic (exact) mass is 381 g/mol. The van der Waals surface area contributed by atoms with Crippen LogP contribution in [-0.2, 0) is 24.4 Å². The molecule has 0 N–H and O–H groups in total. The fourth-order valence-electron chi connectivity index (χ4n) is 3.09. The lowest BCUT2D eigenvalue weighted by Gasteiger charge is -2.14. The number of amides is 1. The van der Waals surface area contributed by atoms with Crippen molar-refractivity contribution < 1.29 is 9.18 Å². The molecule has 0 radical (unpaired) electrons. The predicted octanol–water partition coefficient (Wildman–Crippen LogP) is 3.15. The molecule has 134 valence electrons. The van der Waals surface area contributed by atoms with Crippen molar-refractivity contribution in [3.05, 3.63) is 70.5 Å². The molecule has 0 spiro atoms. The fraction of sp³-hybridized carbons (Fsp3) is 0.158. The molecule has 2 heterocycles. The van der Waals surface area contributed by atoms with Gasteiger partial charge >= 0.3 is 0 Å². The van der Waals surface area contributed by atoms with Crippen molar-refractivity contribution in [1.82, 2.24) is 19.7 Å². The third-order valence-corrected chi connectivity index (χ3v) is 4.77.